The zero-order valence-electron chi connectivity index (χ0n) is 17.7. The van der Waals surface area contributed by atoms with E-state index in [-0.39, 0.29) is 25.5 Å². The summed E-state index contributed by atoms with van der Waals surface area (Å²) in [5.74, 6) is 1.32. The lowest BCUT2D eigenvalue weighted by Gasteiger charge is -2.14. The van der Waals surface area contributed by atoms with Crippen molar-refractivity contribution in [1.29, 1.82) is 0 Å². The first-order valence-electron chi connectivity index (χ1n) is 9.35. The minimum Gasteiger partial charge on any atom is -0.496 e. The Bertz CT molecular complexity index is 841. The first kappa shape index (κ1) is 22.9. The number of ether oxygens (including phenoxy) is 5. The van der Waals surface area contributed by atoms with Crippen molar-refractivity contribution in [3.63, 3.8) is 0 Å². The highest BCUT2D eigenvalue weighted by atomic mass is 16.5. The summed E-state index contributed by atoms with van der Waals surface area (Å²) in [5, 5.41) is 2.70. The smallest absolute Gasteiger partial charge is 0.306 e. The molecule has 0 atom stereocenters. The fraction of sp³-hybridized carbons (Fsp3) is 0.364. The molecule has 8 heteroatoms. The maximum Gasteiger partial charge on any atom is 0.306 e. The van der Waals surface area contributed by atoms with Crippen molar-refractivity contribution < 1.29 is 33.3 Å². The molecule has 2 aromatic carbocycles. The second-order valence-electron chi connectivity index (χ2n) is 6.28. The van der Waals surface area contributed by atoms with Crippen LogP contribution in [0.5, 0.6) is 23.0 Å². The predicted molar refractivity (Wildman–Crippen MR) is 110 cm³/mol. The number of aryl methyl sites for hydroxylation is 1. The van der Waals surface area contributed by atoms with Crippen molar-refractivity contribution >= 4 is 11.9 Å². The van der Waals surface area contributed by atoms with E-state index in [9.17, 15) is 9.59 Å². The van der Waals surface area contributed by atoms with Crippen molar-refractivity contribution in [2.24, 2.45) is 0 Å². The van der Waals surface area contributed by atoms with Crippen LogP contribution in [-0.2, 0) is 27.3 Å². The molecule has 30 heavy (non-hydrogen) atoms. The molecule has 0 saturated carbocycles. The summed E-state index contributed by atoms with van der Waals surface area (Å²) in [4.78, 5) is 24.0. The standard InChI is InChI=1S/C22H27NO7/c1-26-17-8-6-5-7-16(17)13-23-20(24)14-30-21(25)10-9-15-11-18(27-2)22(29-4)19(12-15)28-3/h5-8,11-12H,9-10,13-14H2,1-4H3,(H,23,24). The van der Waals surface area contributed by atoms with Gasteiger partial charge in [0, 0.05) is 18.5 Å². The van der Waals surface area contributed by atoms with E-state index in [1.807, 2.05) is 24.3 Å². The summed E-state index contributed by atoms with van der Waals surface area (Å²) in [6.07, 6.45) is 0.511. The van der Waals surface area contributed by atoms with Crippen LogP contribution in [0.1, 0.15) is 17.5 Å². The summed E-state index contributed by atoms with van der Waals surface area (Å²) in [7, 11) is 6.14. The van der Waals surface area contributed by atoms with Crippen LogP contribution in [0.4, 0.5) is 0 Å². The molecule has 0 aromatic heterocycles. The Hall–Kier alpha value is -3.42. The molecule has 0 unspecified atom stereocenters. The highest BCUT2D eigenvalue weighted by molar-refractivity contribution is 5.80. The van der Waals surface area contributed by atoms with Crippen molar-refractivity contribution in [3.05, 3.63) is 47.5 Å². The van der Waals surface area contributed by atoms with E-state index in [4.69, 9.17) is 23.7 Å². The number of esters is 1. The van der Waals surface area contributed by atoms with Crippen LogP contribution in [0.15, 0.2) is 36.4 Å². The Labute approximate surface area is 176 Å². The predicted octanol–water partition coefficient (Wildman–Crippen LogP) is 2.51. The third kappa shape index (κ3) is 6.30. The SMILES string of the molecule is COc1ccccc1CNC(=O)COC(=O)CCc1cc(OC)c(OC)c(OC)c1. The van der Waals surface area contributed by atoms with Gasteiger partial charge in [-0.25, -0.2) is 0 Å². The first-order valence-corrected chi connectivity index (χ1v) is 9.35. The number of rotatable bonds is 11. The van der Waals surface area contributed by atoms with E-state index in [2.05, 4.69) is 5.32 Å². The Morgan fingerprint density at radius 2 is 1.50 bits per heavy atom. The average Bonchev–Trinajstić information content (AvgIpc) is 2.79. The molecule has 1 N–H and O–H groups in total. The average molecular weight is 417 g/mol. The van der Waals surface area contributed by atoms with Gasteiger partial charge >= 0.3 is 5.97 Å². The molecule has 0 radical (unpaired) electrons. The monoisotopic (exact) mass is 417 g/mol. The molecular formula is C22H27NO7. The fourth-order valence-electron chi connectivity index (χ4n) is 2.84. The van der Waals surface area contributed by atoms with Gasteiger partial charge in [0.05, 0.1) is 28.4 Å². The van der Waals surface area contributed by atoms with Crippen LogP contribution < -0.4 is 24.3 Å². The zero-order valence-corrected chi connectivity index (χ0v) is 17.7. The van der Waals surface area contributed by atoms with Crippen LogP contribution in [0.25, 0.3) is 0 Å². The summed E-state index contributed by atoms with van der Waals surface area (Å²) < 4.78 is 26.2. The van der Waals surface area contributed by atoms with Crippen molar-refractivity contribution in [3.8, 4) is 23.0 Å². The van der Waals surface area contributed by atoms with Gasteiger partial charge in [-0.05, 0) is 30.2 Å². The number of hydrogen-bond acceptors (Lipinski definition) is 7. The van der Waals surface area contributed by atoms with E-state index in [0.717, 1.165) is 11.1 Å². The van der Waals surface area contributed by atoms with E-state index in [1.165, 1.54) is 21.3 Å². The fourth-order valence-corrected chi connectivity index (χ4v) is 2.84. The number of para-hydroxylation sites is 1. The van der Waals surface area contributed by atoms with Crippen LogP contribution in [0.3, 0.4) is 0 Å². The van der Waals surface area contributed by atoms with Gasteiger partial charge in [0.2, 0.25) is 5.75 Å². The van der Waals surface area contributed by atoms with E-state index in [0.29, 0.717) is 29.4 Å². The lowest BCUT2D eigenvalue weighted by molar-refractivity contribution is -0.148. The van der Waals surface area contributed by atoms with Gasteiger partial charge in [-0.2, -0.15) is 0 Å². The van der Waals surface area contributed by atoms with E-state index < -0.39 is 5.97 Å². The van der Waals surface area contributed by atoms with Crippen LogP contribution in [0.2, 0.25) is 0 Å². The normalized spacial score (nSPS) is 10.1. The number of nitrogens with one attached hydrogen (secondary N) is 1. The number of carbonyl (C=O) groups excluding carboxylic acids is 2. The number of methoxy groups -OCH3 is 4. The zero-order chi connectivity index (χ0) is 21.9. The Morgan fingerprint density at radius 1 is 0.867 bits per heavy atom. The highest BCUT2D eigenvalue weighted by Crippen LogP contribution is 2.38. The van der Waals surface area contributed by atoms with Gasteiger partial charge in [0.25, 0.3) is 5.91 Å². The van der Waals surface area contributed by atoms with Gasteiger partial charge in [-0.15, -0.1) is 0 Å². The van der Waals surface area contributed by atoms with Crippen LogP contribution in [-0.4, -0.2) is 46.9 Å². The Balaban J connectivity index is 1.81. The Morgan fingerprint density at radius 3 is 2.10 bits per heavy atom. The van der Waals surface area contributed by atoms with Crippen molar-refractivity contribution in [1.82, 2.24) is 5.32 Å². The molecule has 0 aliphatic carbocycles. The minimum atomic E-state index is -0.476. The lowest BCUT2D eigenvalue weighted by Crippen LogP contribution is -2.28. The molecule has 162 valence electrons. The maximum absolute atomic E-state index is 12.0. The second kappa shape index (κ2) is 11.5. The van der Waals surface area contributed by atoms with Crippen LogP contribution >= 0.6 is 0 Å². The third-order valence-corrected chi connectivity index (χ3v) is 4.38. The first-order chi connectivity index (χ1) is 14.5. The molecule has 0 aliphatic rings. The van der Waals surface area contributed by atoms with Gasteiger partial charge in [-0.3, -0.25) is 9.59 Å². The van der Waals surface area contributed by atoms with Gasteiger partial charge < -0.3 is 29.0 Å². The largest absolute Gasteiger partial charge is 0.496 e. The number of amides is 1. The van der Waals surface area contributed by atoms with Gasteiger partial charge in [0.1, 0.15) is 5.75 Å². The minimum absolute atomic E-state index is 0.110. The molecule has 1 amide bonds. The van der Waals surface area contributed by atoms with E-state index in [1.54, 1.807) is 19.2 Å². The molecule has 0 bridgehead atoms. The topological polar surface area (TPSA) is 92.3 Å². The van der Waals surface area contributed by atoms with Gasteiger partial charge in [-0.1, -0.05) is 18.2 Å². The maximum atomic E-state index is 12.0. The Kier molecular flexibility index (Phi) is 8.80. The van der Waals surface area contributed by atoms with Crippen molar-refractivity contribution in [2.75, 3.05) is 35.0 Å². The molecule has 0 fully saturated rings. The number of carbonyl (C=O) groups is 2. The van der Waals surface area contributed by atoms with Crippen LogP contribution in [0, 0.1) is 0 Å². The summed E-state index contributed by atoms with van der Waals surface area (Å²) in [5.41, 5.74) is 1.66. The molecule has 2 aromatic rings. The molecule has 0 spiro atoms. The quantitative estimate of drug-likeness (QED) is 0.562. The third-order valence-electron chi connectivity index (χ3n) is 4.38. The molecule has 2 rings (SSSR count). The molecule has 8 nitrogen and oxygen atoms in total. The molecular weight excluding hydrogens is 390 g/mol. The summed E-state index contributed by atoms with van der Waals surface area (Å²) >= 11 is 0. The lowest BCUT2D eigenvalue weighted by atomic mass is 10.1. The highest BCUT2D eigenvalue weighted by Gasteiger charge is 2.15. The molecule has 0 saturated heterocycles. The number of hydrogen-bond donors (Lipinski definition) is 1. The number of benzene rings is 2. The van der Waals surface area contributed by atoms with E-state index >= 15 is 0 Å². The summed E-state index contributed by atoms with van der Waals surface area (Å²) in [6.45, 7) is -0.0604. The molecule has 0 heterocycles. The summed E-state index contributed by atoms with van der Waals surface area (Å²) in [6, 6.07) is 10.9. The van der Waals surface area contributed by atoms with Crippen molar-refractivity contribution in [2.45, 2.75) is 19.4 Å². The molecule has 0 aliphatic heterocycles. The second-order valence-corrected chi connectivity index (χ2v) is 6.28. The van der Waals surface area contributed by atoms with Gasteiger partial charge in [0.15, 0.2) is 18.1 Å².